The Labute approximate surface area is 406 Å². The number of urea groups is 1. The summed E-state index contributed by atoms with van der Waals surface area (Å²) in [6.07, 6.45) is 6.72. The van der Waals surface area contributed by atoms with Crippen molar-refractivity contribution in [3.63, 3.8) is 0 Å². The molecule has 14 heteroatoms. The minimum atomic E-state index is -1.06. The van der Waals surface area contributed by atoms with Gasteiger partial charge in [0.1, 0.15) is 24.0 Å². The van der Waals surface area contributed by atoms with Crippen LogP contribution in [-0.2, 0) is 40.0 Å². The molecule has 0 fully saturated rings. The van der Waals surface area contributed by atoms with Crippen LogP contribution in [0.1, 0.15) is 131 Å². The van der Waals surface area contributed by atoms with E-state index in [0.29, 0.717) is 55.6 Å². The van der Waals surface area contributed by atoms with Crippen molar-refractivity contribution < 1.29 is 47.7 Å². The number of unbranched alkanes of at least 4 members (excludes halogenated alkanes) is 6. The number of hydrogen-bond acceptors (Lipinski definition) is 10. The van der Waals surface area contributed by atoms with Gasteiger partial charge in [0.2, 0.25) is 11.8 Å². The lowest BCUT2D eigenvalue weighted by Crippen LogP contribution is -2.48. The van der Waals surface area contributed by atoms with Gasteiger partial charge in [-0.05, 0) is 72.6 Å². The summed E-state index contributed by atoms with van der Waals surface area (Å²) in [6, 6.07) is 29.7. The Kier molecular flexibility index (Phi) is 21.3. The summed E-state index contributed by atoms with van der Waals surface area (Å²) in [5.74, 6) is -2.14. The minimum Gasteiger partial charge on any atom is -0.492 e. The van der Waals surface area contributed by atoms with Gasteiger partial charge in [0.05, 0.1) is 38.9 Å². The van der Waals surface area contributed by atoms with Crippen molar-refractivity contribution in [2.24, 2.45) is 0 Å². The van der Waals surface area contributed by atoms with Crippen molar-refractivity contribution in [3.05, 3.63) is 137 Å². The van der Waals surface area contributed by atoms with Crippen molar-refractivity contribution in [2.45, 2.75) is 110 Å². The molecule has 1 aliphatic heterocycles. The third-order valence-corrected chi connectivity index (χ3v) is 12.1. The highest BCUT2D eigenvalue weighted by molar-refractivity contribution is 5.96. The van der Waals surface area contributed by atoms with Crippen LogP contribution in [0.15, 0.2) is 114 Å². The second-order valence-electron chi connectivity index (χ2n) is 17.0. The lowest BCUT2D eigenvalue weighted by Gasteiger charge is -2.35. The van der Waals surface area contributed by atoms with E-state index in [1.807, 2.05) is 91.9 Å². The fraction of sp³-hybridized carbons (Fsp3) is 0.418. The summed E-state index contributed by atoms with van der Waals surface area (Å²) in [5, 5.41) is 6.08. The average Bonchev–Trinajstić information content (AvgIpc) is 3.37. The quantitative estimate of drug-likeness (QED) is 0.0333. The monoisotopic (exact) mass is 944 g/mol. The zero-order valence-corrected chi connectivity index (χ0v) is 40.8. The van der Waals surface area contributed by atoms with Crippen molar-refractivity contribution in [3.8, 4) is 16.9 Å². The highest BCUT2D eigenvalue weighted by Crippen LogP contribution is 2.34. The van der Waals surface area contributed by atoms with Crippen LogP contribution in [0.5, 0.6) is 5.75 Å². The third kappa shape index (κ3) is 15.3. The highest BCUT2D eigenvalue weighted by Gasteiger charge is 2.37. The molecule has 69 heavy (non-hydrogen) atoms. The van der Waals surface area contributed by atoms with Gasteiger partial charge in [-0.15, -0.1) is 0 Å². The van der Waals surface area contributed by atoms with Crippen LogP contribution in [-0.4, -0.2) is 86.0 Å². The summed E-state index contributed by atoms with van der Waals surface area (Å²) in [6.45, 7) is 6.91. The number of amides is 4. The Morgan fingerprint density at radius 1 is 0.739 bits per heavy atom. The van der Waals surface area contributed by atoms with E-state index in [0.717, 1.165) is 54.4 Å². The van der Waals surface area contributed by atoms with Gasteiger partial charge in [-0.3, -0.25) is 19.3 Å². The minimum absolute atomic E-state index is 0.0426. The lowest BCUT2D eigenvalue weighted by molar-refractivity contribution is -0.142. The number of nitrogens with zero attached hydrogens (tertiary/aromatic N) is 2. The van der Waals surface area contributed by atoms with E-state index in [1.54, 1.807) is 28.9 Å². The molecular formula is C55H68N4O10. The van der Waals surface area contributed by atoms with Crippen LogP contribution in [0.2, 0.25) is 0 Å². The van der Waals surface area contributed by atoms with Gasteiger partial charge in [0.25, 0.3) is 0 Å². The zero-order valence-electron chi connectivity index (χ0n) is 40.8. The van der Waals surface area contributed by atoms with Crippen molar-refractivity contribution in [1.82, 2.24) is 20.4 Å². The van der Waals surface area contributed by atoms with Crippen LogP contribution in [0, 0.1) is 0 Å². The number of nitrogens with one attached hydrogen (secondary N) is 2. The van der Waals surface area contributed by atoms with Crippen molar-refractivity contribution >= 4 is 35.8 Å². The van der Waals surface area contributed by atoms with E-state index < -0.39 is 30.0 Å². The number of methoxy groups -OCH3 is 2. The number of esters is 3. The van der Waals surface area contributed by atoms with Crippen LogP contribution in [0.4, 0.5) is 4.79 Å². The van der Waals surface area contributed by atoms with Crippen LogP contribution >= 0.6 is 0 Å². The van der Waals surface area contributed by atoms with Gasteiger partial charge in [0.15, 0.2) is 0 Å². The number of carbonyl (C=O) groups is 6. The molecule has 2 atom stereocenters. The molecule has 0 radical (unpaired) electrons. The van der Waals surface area contributed by atoms with Gasteiger partial charge in [-0.2, -0.15) is 0 Å². The van der Waals surface area contributed by atoms with E-state index in [1.165, 1.54) is 20.3 Å². The third-order valence-electron chi connectivity index (χ3n) is 12.1. The van der Waals surface area contributed by atoms with Crippen LogP contribution in [0.25, 0.3) is 11.1 Å². The maximum Gasteiger partial charge on any atom is 0.341 e. The van der Waals surface area contributed by atoms with Gasteiger partial charge >= 0.3 is 23.9 Å². The van der Waals surface area contributed by atoms with E-state index >= 15 is 0 Å². The molecule has 0 aliphatic carbocycles. The largest absolute Gasteiger partial charge is 0.492 e. The molecule has 2 N–H and O–H groups in total. The van der Waals surface area contributed by atoms with E-state index in [9.17, 15) is 28.8 Å². The molecular weight excluding hydrogens is 877 g/mol. The molecule has 0 spiro atoms. The Morgan fingerprint density at radius 2 is 1.42 bits per heavy atom. The molecule has 1 aliphatic rings. The number of benzene rings is 4. The summed E-state index contributed by atoms with van der Waals surface area (Å²) in [7, 11) is 2.52. The lowest BCUT2D eigenvalue weighted by atomic mass is 9.93. The number of ether oxygens (including phenoxy) is 4. The molecule has 0 aromatic heterocycles. The van der Waals surface area contributed by atoms with Gasteiger partial charge < -0.3 is 34.5 Å². The summed E-state index contributed by atoms with van der Waals surface area (Å²) >= 11 is 0. The maximum atomic E-state index is 14.4. The Hall–Kier alpha value is -6.96. The Balaban J connectivity index is 1.34. The molecule has 4 amide bonds. The second-order valence-corrected chi connectivity index (χ2v) is 17.0. The smallest absolute Gasteiger partial charge is 0.341 e. The zero-order chi connectivity index (χ0) is 49.5. The Morgan fingerprint density at radius 3 is 2.10 bits per heavy atom. The fourth-order valence-corrected chi connectivity index (χ4v) is 8.26. The first-order chi connectivity index (χ1) is 33.5. The average molecular weight is 945 g/mol. The van der Waals surface area contributed by atoms with Crippen molar-refractivity contribution in [2.75, 3.05) is 40.5 Å². The van der Waals surface area contributed by atoms with E-state index in [-0.39, 0.29) is 61.8 Å². The SMILES string of the molecule is CCCCCCN(C(=O)CCCCCN1C(=O)NC(c2ccc(-c3ccccc3)cc2)C(C(=O)OCc2ccccc2)=C1C)C(C(=O)NCCCC)c1ccc(OCCC(=O)OC)c(C(=O)OC)c1. The molecule has 4 aromatic rings. The molecule has 14 nitrogen and oxygen atoms in total. The first-order valence-corrected chi connectivity index (χ1v) is 24.1. The van der Waals surface area contributed by atoms with E-state index in [4.69, 9.17) is 18.9 Å². The number of hydrogen-bond donors (Lipinski definition) is 2. The summed E-state index contributed by atoms with van der Waals surface area (Å²) in [5.41, 5.74) is 4.92. The van der Waals surface area contributed by atoms with Gasteiger partial charge in [-0.25, -0.2) is 14.4 Å². The van der Waals surface area contributed by atoms with Crippen LogP contribution < -0.4 is 15.4 Å². The number of allylic oxidation sites excluding steroid dienone is 1. The fourth-order valence-electron chi connectivity index (χ4n) is 8.26. The Bertz CT molecular complexity index is 2350. The first kappa shape index (κ1) is 53.0. The second kappa shape index (κ2) is 27.8. The maximum absolute atomic E-state index is 14.4. The topological polar surface area (TPSA) is 170 Å². The predicted octanol–water partition coefficient (Wildman–Crippen LogP) is 9.79. The first-order valence-electron chi connectivity index (χ1n) is 24.1. The predicted molar refractivity (Wildman–Crippen MR) is 264 cm³/mol. The molecule has 0 saturated carbocycles. The normalized spacial score (nSPS) is 13.8. The molecule has 1 heterocycles. The molecule has 0 saturated heterocycles. The van der Waals surface area contributed by atoms with Crippen molar-refractivity contribution in [1.29, 1.82) is 0 Å². The number of carbonyl (C=O) groups excluding carboxylic acids is 6. The molecule has 5 rings (SSSR count). The standard InChI is InChI=1S/C55H68N4O10/c1-6-8-10-19-35-59(51(52(62)56-33-9-7-2)44-30-31-46(45(37-44)53(63)67-5)68-36-32-48(61)66-4)47(60)25-18-13-20-34-58-39(3)49(54(64)69-38-40-21-14-11-15-22-40)50(57-55(58)65)43-28-26-42(27-29-43)41-23-16-12-17-24-41/h11-12,14-17,21-24,26-31,37,50-51H,6-10,13,18-20,25,32-36,38H2,1-5H3,(H,56,62)(H,57,65). The van der Waals surface area contributed by atoms with Gasteiger partial charge in [0, 0.05) is 31.8 Å². The molecule has 368 valence electrons. The molecule has 0 bridgehead atoms. The summed E-state index contributed by atoms with van der Waals surface area (Å²) in [4.78, 5) is 84.5. The highest BCUT2D eigenvalue weighted by atomic mass is 16.5. The van der Waals surface area contributed by atoms with E-state index in [2.05, 4.69) is 17.6 Å². The molecule has 2 unspecified atom stereocenters. The van der Waals surface area contributed by atoms with Gasteiger partial charge in [-0.1, -0.05) is 137 Å². The molecule has 4 aromatic carbocycles. The number of rotatable bonds is 27. The van der Waals surface area contributed by atoms with Crippen LogP contribution in [0.3, 0.4) is 0 Å². The summed E-state index contributed by atoms with van der Waals surface area (Å²) < 4.78 is 21.4.